The molecule has 4 heteroatoms. The van der Waals surface area contributed by atoms with Crippen molar-refractivity contribution in [1.82, 2.24) is 5.32 Å². The van der Waals surface area contributed by atoms with Crippen LogP contribution in [0.2, 0.25) is 0 Å². The lowest BCUT2D eigenvalue weighted by Crippen LogP contribution is -2.54. The van der Waals surface area contributed by atoms with Gasteiger partial charge in [0.1, 0.15) is 13.1 Å². The van der Waals surface area contributed by atoms with E-state index in [-0.39, 0.29) is 5.91 Å². The lowest BCUT2D eigenvalue weighted by molar-refractivity contribution is -0.833. The average Bonchev–Trinajstić information content (AvgIpc) is 3.08. The molecule has 0 saturated carbocycles. The smallest absolute Gasteiger partial charge is 0.217 e. The highest BCUT2D eigenvalue weighted by molar-refractivity contribution is 5.77. The molecule has 0 saturated heterocycles. The maximum Gasteiger partial charge on any atom is 0.217 e. The molecule has 1 amide bonds. The minimum atomic E-state index is 0.0650. The first-order valence-corrected chi connectivity index (χ1v) is 11.9. The summed E-state index contributed by atoms with van der Waals surface area (Å²) in [5, 5.41) is 2.95. The molecule has 0 aromatic rings. The van der Waals surface area contributed by atoms with E-state index >= 15 is 0 Å². The molecule has 0 aromatic carbocycles. The third-order valence-corrected chi connectivity index (χ3v) is 6.05. The van der Waals surface area contributed by atoms with E-state index in [4.69, 9.17) is 4.99 Å². The summed E-state index contributed by atoms with van der Waals surface area (Å²) < 4.78 is 0.981. The van der Waals surface area contributed by atoms with Gasteiger partial charge in [-0.25, -0.2) is 4.99 Å². The van der Waals surface area contributed by atoms with Gasteiger partial charge in [-0.1, -0.05) is 57.6 Å². The maximum atomic E-state index is 11.1. The molecule has 1 unspecified atom stereocenters. The zero-order chi connectivity index (χ0) is 20.5. The Morgan fingerprint density at radius 3 is 2.29 bits per heavy atom. The highest BCUT2D eigenvalue weighted by Gasteiger charge is 2.35. The van der Waals surface area contributed by atoms with Gasteiger partial charge in [0.05, 0.1) is 19.6 Å². The minimum Gasteiger partial charge on any atom is -0.351 e. The van der Waals surface area contributed by atoms with Crippen molar-refractivity contribution in [1.29, 1.82) is 0 Å². The van der Waals surface area contributed by atoms with Crippen molar-refractivity contribution < 1.29 is 9.28 Å². The van der Waals surface area contributed by atoms with Gasteiger partial charge in [-0.2, -0.15) is 0 Å². The van der Waals surface area contributed by atoms with Gasteiger partial charge in [0.25, 0.3) is 0 Å². The van der Waals surface area contributed by atoms with Crippen LogP contribution in [0.5, 0.6) is 0 Å². The second-order valence-corrected chi connectivity index (χ2v) is 8.32. The highest BCUT2D eigenvalue weighted by Crippen LogP contribution is 2.19. The number of rotatable bonds is 17. The molecular weight excluding hydrogens is 346 g/mol. The Morgan fingerprint density at radius 2 is 1.64 bits per heavy atom. The van der Waals surface area contributed by atoms with E-state index in [1.165, 1.54) is 76.5 Å². The number of unbranched alkanes of at least 4 members (excludes halogenated alkanes) is 9. The van der Waals surface area contributed by atoms with Gasteiger partial charge in [-0.15, -0.1) is 0 Å². The predicted molar refractivity (Wildman–Crippen MR) is 122 cm³/mol. The van der Waals surface area contributed by atoms with E-state index < -0.39 is 0 Å². The van der Waals surface area contributed by atoms with Crippen molar-refractivity contribution in [3.8, 4) is 0 Å². The first-order chi connectivity index (χ1) is 13.6. The Morgan fingerprint density at radius 1 is 1.00 bits per heavy atom. The molecule has 1 N–H and O–H groups in total. The minimum absolute atomic E-state index is 0.0650. The molecule has 0 spiro atoms. The van der Waals surface area contributed by atoms with Crippen LogP contribution in [0.4, 0.5) is 0 Å². The monoisotopic (exact) mass is 392 g/mol. The molecular formula is C24H46N3O+. The Hall–Kier alpha value is -1.16. The highest BCUT2D eigenvalue weighted by atomic mass is 16.1. The summed E-state index contributed by atoms with van der Waals surface area (Å²) in [5.74, 6) is 1.43. The lowest BCUT2D eigenvalue weighted by Gasteiger charge is -2.33. The first kappa shape index (κ1) is 24.9. The van der Waals surface area contributed by atoms with E-state index in [1.807, 2.05) is 0 Å². The number of likely N-dealkylation sites (N-methyl/N-ethyl adjacent to an activating group) is 1. The zero-order valence-electron chi connectivity index (χ0n) is 19.0. The largest absolute Gasteiger partial charge is 0.351 e. The number of nitrogens with one attached hydrogen (secondary N) is 1. The SMILES string of the molecule is CCCCCCCCC/C=C/CCCCC1=NCC[N+]1(CC)CCNC(C)=O. The number of amides is 1. The van der Waals surface area contributed by atoms with Crippen molar-refractivity contribution in [2.45, 2.75) is 97.8 Å². The number of carbonyl (C=O) groups is 1. The molecule has 0 bridgehead atoms. The predicted octanol–water partition coefficient (Wildman–Crippen LogP) is 5.63. The van der Waals surface area contributed by atoms with Crippen molar-refractivity contribution in [3.63, 3.8) is 0 Å². The second kappa shape index (κ2) is 15.7. The summed E-state index contributed by atoms with van der Waals surface area (Å²) in [6.45, 7) is 11.0. The molecule has 0 aliphatic carbocycles. The third-order valence-electron chi connectivity index (χ3n) is 6.05. The fraction of sp³-hybridized carbons (Fsp3) is 0.833. The van der Waals surface area contributed by atoms with Gasteiger partial charge >= 0.3 is 0 Å². The maximum absolute atomic E-state index is 11.1. The molecule has 1 heterocycles. The van der Waals surface area contributed by atoms with Crippen LogP contribution in [0, 0.1) is 0 Å². The fourth-order valence-electron chi connectivity index (χ4n) is 4.15. The van der Waals surface area contributed by atoms with Gasteiger partial charge < -0.3 is 5.32 Å². The molecule has 0 aromatic heterocycles. The van der Waals surface area contributed by atoms with Crippen LogP contribution in [-0.4, -0.2) is 48.9 Å². The Balaban J connectivity index is 2.10. The van der Waals surface area contributed by atoms with Gasteiger partial charge in [-0.3, -0.25) is 9.28 Å². The number of nitrogens with zero attached hydrogens (tertiary/aromatic N) is 2. The van der Waals surface area contributed by atoms with E-state index in [2.05, 4.69) is 31.3 Å². The van der Waals surface area contributed by atoms with Crippen molar-refractivity contribution >= 4 is 11.7 Å². The van der Waals surface area contributed by atoms with Crippen LogP contribution in [0.15, 0.2) is 17.1 Å². The van der Waals surface area contributed by atoms with Crippen LogP contribution in [0.1, 0.15) is 97.8 Å². The van der Waals surface area contributed by atoms with Crippen LogP contribution in [0.25, 0.3) is 0 Å². The lowest BCUT2D eigenvalue weighted by atomic mass is 10.1. The molecule has 4 nitrogen and oxygen atoms in total. The zero-order valence-corrected chi connectivity index (χ0v) is 19.0. The van der Waals surface area contributed by atoms with Crippen molar-refractivity contribution in [2.24, 2.45) is 4.99 Å². The van der Waals surface area contributed by atoms with Gasteiger partial charge in [0, 0.05) is 13.3 Å². The summed E-state index contributed by atoms with van der Waals surface area (Å²) in [5.41, 5.74) is 0. The molecule has 1 aliphatic rings. The second-order valence-electron chi connectivity index (χ2n) is 8.32. The summed E-state index contributed by atoms with van der Waals surface area (Å²) >= 11 is 0. The van der Waals surface area contributed by atoms with E-state index in [9.17, 15) is 4.79 Å². The standard InChI is InChI=1S/C24H45N3O/c1-4-6-7-8-9-10-11-12-13-14-15-16-17-18-24-26-20-22-27(24,5-2)21-19-25-23(3)28/h13-14H,4-12,15-22H2,1-3H3/p+1/b14-13+. The molecule has 0 fully saturated rings. The number of quaternary nitrogens is 1. The van der Waals surface area contributed by atoms with Gasteiger partial charge in [-0.05, 0) is 39.0 Å². The number of carbonyl (C=O) groups excluding carboxylic acids is 1. The third kappa shape index (κ3) is 10.4. The number of aliphatic imine (C=N–C) groups is 1. The molecule has 1 atom stereocenters. The Kier molecular flexibility index (Phi) is 14.0. The van der Waals surface area contributed by atoms with E-state index in [0.29, 0.717) is 0 Å². The molecule has 28 heavy (non-hydrogen) atoms. The summed E-state index contributed by atoms with van der Waals surface area (Å²) in [7, 11) is 0. The molecule has 0 radical (unpaired) electrons. The van der Waals surface area contributed by atoms with E-state index in [0.717, 1.165) is 43.6 Å². The summed E-state index contributed by atoms with van der Waals surface area (Å²) in [4.78, 5) is 16.0. The van der Waals surface area contributed by atoms with Gasteiger partial charge in [0.2, 0.25) is 5.91 Å². The number of hydrogen-bond acceptors (Lipinski definition) is 2. The van der Waals surface area contributed by atoms with Crippen molar-refractivity contribution in [3.05, 3.63) is 12.2 Å². The molecule has 1 rings (SSSR count). The topological polar surface area (TPSA) is 41.5 Å². The Bertz CT molecular complexity index is 472. The average molecular weight is 393 g/mol. The number of allylic oxidation sites excluding steroid dienone is 2. The summed E-state index contributed by atoms with van der Waals surface area (Å²) in [6, 6.07) is 0. The van der Waals surface area contributed by atoms with Crippen LogP contribution < -0.4 is 5.32 Å². The first-order valence-electron chi connectivity index (χ1n) is 11.9. The molecule has 1 aliphatic heterocycles. The Labute approximate surface area is 174 Å². The number of amidine groups is 1. The van der Waals surface area contributed by atoms with Gasteiger partial charge in [0.15, 0.2) is 5.84 Å². The fourth-order valence-corrected chi connectivity index (χ4v) is 4.15. The van der Waals surface area contributed by atoms with Crippen LogP contribution in [-0.2, 0) is 4.79 Å². The van der Waals surface area contributed by atoms with Crippen molar-refractivity contribution in [2.75, 3.05) is 32.7 Å². The van der Waals surface area contributed by atoms with Crippen LogP contribution >= 0.6 is 0 Å². The summed E-state index contributed by atoms with van der Waals surface area (Å²) in [6.07, 6.45) is 20.5. The normalized spacial score (nSPS) is 19.3. The quantitative estimate of drug-likeness (QED) is 0.195. The van der Waals surface area contributed by atoms with E-state index in [1.54, 1.807) is 6.92 Å². The van der Waals surface area contributed by atoms with Crippen LogP contribution in [0.3, 0.4) is 0 Å². The molecule has 162 valence electrons. The number of hydrogen-bond donors (Lipinski definition) is 1.